The molecule has 0 amide bonds. The first kappa shape index (κ1) is 40.9. The fourth-order valence-corrected chi connectivity index (χ4v) is 10.7. The molecule has 12 aromatic rings. The first-order chi connectivity index (χ1) is 33.7. The molecule has 12 aromatic carbocycles. The van der Waals surface area contributed by atoms with Crippen molar-refractivity contribution in [2.24, 2.45) is 0 Å². The highest BCUT2D eigenvalue weighted by Crippen LogP contribution is 2.37. The second-order valence-corrected chi connectivity index (χ2v) is 18.1. The maximum absolute atomic E-state index is 3.77. The van der Waals surface area contributed by atoms with Crippen molar-refractivity contribution in [3.8, 4) is 0 Å². The average Bonchev–Trinajstić information content (AvgIpc) is 3.38. The van der Waals surface area contributed by atoms with Gasteiger partial charge in [0.05, 0.1) is 0 Å². The fraction of sp³-hybridized carbons (Fsp3) is 0.118. The summed E-state index contributed by atoms with van der Waals surface area (Å²) in [5, 5.41) is 24.3. The van der Waals surface area contributed by atoms with Crippen LogP contribution in [0.3, 0.4) is 0 Å². The van der Waals surface area contributed by atoms with Gasteiger partial charge < -0.3 is 0 Å². The summed E-state index contributed by atoms with van der Waals surface area (Å²) in [5.41, 5.74) is 2.73. The molecule has 68 heavy (non-hydrogen) atoms. The third-order valence-corrected chi connectivity index (χ3v) is 14.0. The Morgan fingerprint density at radius 3 is 0.794 bits per heavy atom. The van der Waals surface area contributed by atoms with Crippen LogP contribution in [0.1, 0.15) is 50.7 Å². The van der Waals surface area contributed by atoms with Crippen LogP contribution in [0.2, 0.25) is 0 Å². The second kappa shape index (κ2) is 17.4. The molecule has 318 valence electrons. The lowest BCUT2D eigenvalue weighted by molar-refractivity contribution is 0.802. The molecule has 0 spiro atoms. The van der Waals surface area contributed by atoms with Gasteiger partial charge in [-0.3, -0.25) is 0 Å². The van der Waals surface area contributed by atoms with Crippen molar-refractivity contribution in [3.05, 3.63) is 230 Å². The Labute approximate surface area is 398 Å². The lowest BCUT2D eigenvalue weighted by Gasteiger charge is -2.12. The summed E-state index contributed by atoms with van der Waals surface area (Å²) in [6.45, 7) is 4.54. The third-order valence-electron chi connectivity index (χ3n) is 14.0. The van der Waals surface area contributed by atoms with E-state index in [1.165, 1.54) is 32.7 Å². The summed E-state index contributed by atoms with van der Waals surface area (Å²) in [4.78, 5) is 0. The highest BCUT2D eigenvalue weighted by atomic mass is 14.2. The van der Waals surface area contributed by atoms with Gasteiger partial charge in [0.2, 0.25) is 0 Å². The van der Waals surface area contributed by atoms with Crippen molar-refractivity contribution in [1.82, 2.24) is 0 Å². The predicted octanol–water partition coefficient (Wildman–Crippen LogP) is 18.3. The van der Waals surface area contributed by atoms with E-state index in [9.17, 15) is 0 Å². The fourth-order valence-electron chi connectivity index (χ4n) is 10.7. The van der Waals surface area contributed by atoms with E-state index in [2.05, 4.69) is 232 Å². The van der Waals surface area contributed by atoms with Gasteiger partial charge in [-0.05, 0) is 161 Å². The van der Waals surface area contributed by atoms with E-state index in [4.69, 9.17) is 0 Å². The van der Waals surface area contributed by atoms with Crippen molar-refractivity contribution in [3.63, 3.8) is 0 Å². The molecule has 0 N–H and O–H groups in total. The Bertz CT molecular complexity index is 3840. The molecule has 0 unspecified atom stereocenters. The predicted molar refractivity (Wildman–Crippen MR) is 291 cm³/mol. The van der Waals surface area contributed by atoms with E-state index in [1.54, 1.807) is 0 Å². The molecule has 0 aromatic heterocycles. The van der Waals surface area contributed by atoms with Crippen molar-refractivity contribution in [2.45, 2.75) is 52.4 Å². The molecule has 0 radical (unpaired) electrons. The zero-order valence-electron chi connectivity index (χ0n) is 38.4. The molecule has 0 aliphatic carbocycles. The molecule has 12 rings (SSSR count). The first-order valence-corrected chi connectivity index (χ1v) is 24.1. The summed E-state index contributed by atoms with van der Waals surface area (Å²) in [6, 6.07) is 91.0. The van der Waals surface area contributed by atoms with Crippen LogP contribution in [0.5, 0.6) is 0 Å². The zero-order chi connectivity index (χ0) is 45.6. The number of rotatable bonds is 6. The van der Waals surface area contributed by atoms with Crippen LogP contribution in [0, 0.1) is 48.5 Å². The van der Waals surface area contributed by atoms with Crippen molar-refractivity contribution < 1.29 is 0 Å². The quantitative estimate of drug-likeness (QED) is 0.146. The van der Waals surface area contributed by atoms with Gasteiger partial charge in [-0.1, -0.05) is 197 Å². The summed E-state index contributed by atoms with van der Waals surface area (Å²) >= 11 is 0. The summed E-state index contributed by atoms with van der Waals surface area (Å²) < 4.78 is 0. The lowest BCUT2D eigenvalue weighted by atomic mass is 9.91. The minimum atomic E-state index is 0.983. The number of unbranched alkanes of at least 4 members (excludes halogenated alkanes) is 2. The summed E-state index contributed by atoms with van der Waals surface area (Å²) in [7, 11) is 0. The molecular formula is C68H46. The van der Waals surface area contributed by atoms with Gasteiger partial charge in [0, 0.05) is 43.1 Å². The van der Waals surface area contributed by atoms with Gasteiger partial charge in [0.25, 0.3) is 0 Å². The van der Waals surface area contributed by atoms with Crippen LogP contribution in [0.15, 0.2) is 170 Å². The van der Waals surface area contributed by atoms with Gasteiger partial charge in [-0.15, -0.1) is 0 Å². The largest absolute Gasteiger partial charge is 0.0654 e. The van der Waals surface area contributed by atoms with Crippen LogP contribution in [-0.4, -0.2) is 0 Å². The Hall–Kier alpha value is -8.52. The number of aryl methyl sites for hydroxylation is 2. The highest BCUT2D eigenvalue weighted by molar-refractivity contribution is 6.24. The molecule has 10 bridgehead atoms. The molecule has 0 heterocycles. The van der Waals surface area contributed by atoms with E-state index < -0.39 is 0 Å². The SMILES string of the molecule is CCCCc1c2cccc3c#cc4cccc5c(c#cc6cccc7c(CCCC)c8cccc(c#cc9c%10ccccc%10c(c#cc%10cccc1c%10cc32)c1ccccc91)c8cc67)cccc45. The van der Waals surface area contributed by atoms with Crippen molar-refractivity contribution in [1.29, 1.82) is 0 Å². The standard InChI is InChI=1S/C68H46/c1-3-5-23-53-59-31-13-19-47-37-35-45-17-11-30-52-46(18-12-29-51(45)52)36-38-48-20-14-32-60-54(24-6-4-2)62-34-16-22-50(68(62)44-66(48)60)40-42-64-57-27-9-7-25-55(57)63(56-26-8-10-28-58(56)64)41-39-49-21-15-33-61(53)67(49)43-65(47)59/h7-22,25-34,43-44H,3-6,23-24H2,1-2H3. The average molecular weight is 863 g/mol. The van der Waals surface area contributed by atoms with Crippen molar-refractivity contribution >= 4 is 118 Å². The van der Waals surface area contributed by atoms with E-state index in [0.717, 1.165) is 135 Å². The minimum Gasteiger partial charge on any atom is -0.0654 e. The Morgan fingerprint density at radius 1 is 0.250 bits per heavy atom. The van der Waals surface area contributed by atoms with Crippen LogP contribution in [0.4, 0.5) is 0 Å². The highest BCUT2D eigenvalue weighted by Gasteiger charge is 2.13. The molecule has 0 aliphatic rings. The van der Waals surface area contributed by atoms with E-state index in [-0.39, 0.29) is 0 Å². The second-order valence-electron chi connectivity index (χ2n) is 18.1. The Morgan fingerprint density at radius 2 is 0.500 bits per heavy atom. The van der Waals surface area contributed by atoms with Gasteiger partial charge in [0.1, 0.15) is 0 Å². The monoisotopic (exact) mass is 862 g/mol. The third kappa shape index (κ3) is 7.03. The van der Waals surface area contributed by atoms with E-state index in [0.29, 0.717) is 0 Å². The van der Waals surface area contributed by atoms with Crippen LogP contribution < -0.4 is 0 Å². The topological polar surface area (TPSA) is 0 Å². The van der Waals surface area contributed by atoms with E-state index >= 15 is 0 Å². The van der Waals surface area contributed by atoms with Crippen LogP contribution in [-0.2, 0) is 12.8 Å². The lowest BCUT2D eigenvalue weighted by Crippen LogP contribution is -1.91. The Kier molecular flexibility index (Phi) is 10.5. The van der Waals surface area contributed by atoms with Gasteiger partial charge in [-0.2, -0.15) is 0 Å². The van der Waals surface area contributed by atoms with Crippen LogP contribution in [0.25, 0.3) is 118 Å². The number of fused-ring (bicyclic) bond motifs is 3. The smallest absolute Gasteiger partial charge is 0.0406 e. The molecule has 0 saturated carbocycles. The van der Waals surface area contributed by atoms with E-state index in [1.807, 2.05) is 0 Å². The van der Waals surface area contributed by atoms with Gasteiger partial charge in [-0.25, -0.2) is 0 Å². The molecule has 0 nitrogen and oxygen atoms in total. The number of hydrogen-bond acceptors (Lipinski definition) is 0. The van der Waals surface area contributed by atoms with Gasteiger partial charge in [0.15, 0.2) is 0 Å². The normalized spacial score (nSPS) is 11.3. The van der Waals surface area contributed by atoms with Crippen molar-refractivity contribution in [2.75, 3.05) is 0 Å². The maximum Gasteiger partial charge on any atom is 0.0406 e. The summed E-state index contributed by atoms with van der Waals surface area (Å²) in [6.07, 6.45) is 6.40. The first-order valence-electron chi connectivity index (χ1n) is 24.1. The molecule has 0 heteroatoms. The van der Waals surface area contributed by atoms with Gasteiger partial charge >= 0.3 is 0 Å². The molecule has 0 atom stereocenters. The maximum atomic E-state index is 3.77. The summed E-state index contributed by atoms with van der Waals surface area (Å²) in [5.74, 6) is 0. The molecule has 0 fully saturated rings. The molecular weight excluding hydrogens is 817 g/mol. The number of benzene rings is 11. The molecule has 0 aliphatic heterocycles. The number of hydrogen-bond donors (Lipinski definition) is 0. The van der Waals surface area contributed by atoms with Crippen LogP contribution >= 0.6 is 0 Å². The Balaban J connectivity index is 1.26. The zero-order valence-corrected chi connectivity index (χ0v) is 38.4. The molecule has 0 saturated heterocycles. The minimum absolute atomic E-state index is 0.983.